The summed E-state index contributed by atoms with van der Waals surface area (Å²) in [6, 6.07) is 3.51. The summed E-state index contributed by atoms with van der Waals surface area (Å²) in [6.45, 7) is 6.31. The summed E-state index contributed by atoms with van der Waals surface area (Å²) in [4.78, 5) is 25.2. The fraction of sp³-hybridized carbons (Fsp3) is 0.522. The van der Waals surface area contributed by atoms with Gasteiger partial charge < -0.3 is 20.2 Å². The molecule has 1 fully saturated rings. The molecule has 2 aliphatic rings. The third-order valence-electron chi connectivity index (χ3n) is 6.67. The molecule has 0 bridgehead atoms. The van der Waals surface area contributed by atoms with Crippen LogP contribution in [0, 0.1) is 5.82 Å². The Labute approximate surface area is 217 Å². The van der Waals surface area contributed by atoms with Crippen LogP contribution in [0.25, 0.3) is 0 Å². The van der Waals surface area contributed by atoms with E-state index in [1.165, 1.54) is 12.1 Å². The van der Waals surface area contributed by atoms with Crippen LogP contribution in [0.4, 0.5) is 10.2 Å². The van der Waals surface area contributed by atoms with Gasteiger partial charge in [-0.25, -0.2) is 14.4 Å². The van der Waals surface area contributed by atoms with E-state index in [1.54, 1.807) is 19.5 Å². The maximum atomic E-state index is 14.1. The van der Waals surface area contributed by atoms with Crippen LogP contribution in [0.5, 0.6) is 0 Å². The zero-order valence-electron chi connectivity index (χ0n) is 19.4. The average molecular weight is 535 g/mol. The van der Waals surface area contributed by atoms with Crippen molar-refractivity contribution in [3.63, 3.8) is 0 Å². The van der Waals surface area contributed by atoms with E-state index in [0.717, 1.165) is 29.8 Å². The van der Waals surface area contributed by atoms with Gasteiger partial charge in [-0.3, -0.25) is 4.90 Å². The van der Waals surface area contributed by atoms with Gasteiger partial charge in [0.25, 0.3) is 0 Å². The minimum absolute atomic E-state index is 0. The quantitative estimate of drug-likeness (QED) is 0.559. The van der Waals surface area contributed by atoms with Gasteiger partial charge in [0.1, 0.15) is 30.4 Å². The second-order valence-corrected chi connectivity index (χ2v) is 9.13. The summed E-state index contributed by atoms with van der Waals surface area (Å²) in [5.41, 5.74) is 8.94. The van der Waals surface area contributed by atoms with Crippen molar-refractivity contribution >= 4 is 48.5 Å². The number of carbonyl (C=O) groups excluding carboxylic acids is 1. The fourth-order valence-corrected chi connectivity index (χ4v) is 5.23. The second-order valence-electron chi connectivity index (χ2n) is 8.73. The molecular formula is C23H31Cl3FN5O2. The molecule has 7 nitrogen and oxygen atoms in total. The van der Waals surface area contributed by atoms with E-state index in [-0.39, 0.29) is 42.0 Å². The summed E-state index contributed by atoms with van der Waals surface area (Å²) in [7, 11) is 1.71. The van der Waals surface area contributed by atoms with Gasteiger partial charge in [0.05, 0.1) is 22.8 Å². The van der Waals surface area contributed by atoms with Crippen molar-refractivity contribution in [3.05, 3.63) is 52.2 Å². The lowest BCUT2D eigenvalue weighted by Gasteiger charge is -2.45. The first-order chi connectivity index (χ1) is 15.3. The van der Waals surface area contributed by atoms with Gasteiger partial charge in [0.15, 0.2) is 0 Å². The molecule has 2 N–H and O–H groups in total. The zero-order valence-corrected chi connectivity index (χ0v) is 21.7. The van der Waals surface area contributed by atoms with Crippen molar-refractivity contribution in [3.8, 4) is 0 Å². The predicted octanol–water partition coefficient (Wildman–Crippen LogP) is 4.09. The number of halogens is 4. The summed E-state index contributed by atoms with van der Waals surface area (Å²) in [6.07, 6.45) is 3.22. The smallest absolute Gasteiger partial charge is 0.142 e. The molecule has 1 aromatic heterocycles. The van der Waals surface area contributed by atoms with E-state index in [1.807, 2.05) is 0 Å². The Kier molecular flexibility index (Phi) is 10.1. The largest absolute Gasteiger partial charge is 0.375 e. The van der Waals surface area contributed by atoms with E-state index in [4.69, 9.17) is 22.1 Å². The molecule has 4 rings (SSSR count). The maximum absolute atomic E-state index is 14.1. The Morgan fingerprint density at radius 3 is 2.62 bits per heavy atom. The number of fused-ring (bicyclic) bond motifs is 1. The fourth-order valence-electron chi connectivity index (χ4n) is 5.12. The summed E-state index contributed by atoms with van der Waals surface area (Å²) in [5, 5.41) is 0.0476. The van der Waals surface area contributed by atoms with Gasteiger partial charge in [-0.05, 0) is 37.0 Å². The van der Waals surface area contributed by atoms with Crippen LogP contribution in [0.3, 0.4) is 0 Å². The number of hydrogen-bond donors (Lipinski definition) is 1. The number of aldehydes is 1. The van der Waals surface area contributed by atoms with E-state index >= 15 is 0 Å². The molecule has 1 aliphatic carbocycles. The Hall–Kier alpha value is -1.55. The first kappa shape index (κ1) is 28.7. The second kappa shape index (κ2) is 11.9. The van der Waals surface area contributed by atoms with Crippen LogP contribution in [0.15, 0.2) is 24.5 Å². The minimum atomic E-state index is -0.778. The number of benzene rings is 1. The van der Waals surface area contributed by atoms with Crippen LogP contribution in [0.1, 0.15) is 55.2 Å². The standard InChI is InChI=1S/C23H29ClFN5O2.2ClH/c1-13-8-19(32-3)21-20(13)23(28-12-27-21)30-7-6-29(10-14(30)2)22(18(26)11-31)15-4-5-16(24)17(25)9-15;;/h4-5,9,11-14,18-19,22H,6-8,10,26H2,1-3H3;2*1H/t13-,14+,18?,19-,22?;;/m1../s1. The third kappa shape index (κ3) is 5.32. The van der Waals surface area contributed by atoms with Crippen molar-refractivity contribution in [2.24, 2.45) is 5.73 Å². The number of methoxy groups -OCH3 is 1. The van der Waals surface area contributed by atoms with Gasteiger partial charge in [-0.15, -0.1) is 24.8 Å². The first-order valence-corrected chi connectivity index (χ1v) is 11.3. The molecule has 5 atom stereocenters. The van der Waals surface area contributed by atoms with Gasteiger partial charge in [-0.1, -0.05) is 24.6 Å². The average Bonchev–Trinajstić information content (AvgIpc) is 3.12. The number of nitrogens with two attached hydrogens (primary N) is 1. The van der Waals surface area contributed by atoms with Gasteiger partial charge in [-0.2, -0.15) is 0 Å². The van der Waals surface area contributed by atoms with Crippen LogP contribution in [-0.2, 0) is 9.53 Å². The molecule has 0 spiro atoms. The van der Waals surface area contributed by atoms with Crippen molar-refractivity contribution in [1.29, 1.82) is 0 Å². The lowest BCUT2D eigenvalue weighted by molar-refractivity contribution is -0.110. The maximum Gasteiger partial charge on any atom is 0.142 e. The van der Waals surface area contributed by atoms with Crippen molar-refractivity contribution in [1.82, 2.24) is 14.9 Å². The van der Waals surface area contributed by atoms with Crippen molar-refractivity contribution in [2.45, 2.75) is 50.4 Å². The van der Waals surface area contributed by atoms with E-state index < -0.39 is 17.9 Å². The van der Waals surface area contributed by atoms with Gasteiger partial charge >= 0.3 is 0 Å². The Morgan fingerprint density at radius 2 is 2.00 bits per heavy atom. The van der Waals surface area contributed by atoms with Crippen LogP contribution < -0.4 is 10.6 Å². The summed E-state index contributed by atoms with van der Waals surface area (Å²) < 4.78 is 19.8. The normalized spacial score (nSPS) is 23.9. The first-order valence-electron chi connectivity index (χ1n) is 10.9. The number of nitrogens with zero attached hydrogens (tertiary/aromatic N) is 4. The highest BCUT2D eigenvalue weighted by molar-refractivity contribution is 6.30. The van der Waals surface area contributed by atoms with Crippen LogP contribution in [0.2, 0.25) is 5.02 Å². The molecule has 0 radical (unpaired) electrons. The minimum Gasteiger partial charge on any atom is -0.375 e. The van der Waals surface area contributed by atoms with Crippen LogP contribution in [-0.4, -0.2) is 60.0 Å². The molecule has 2 aromatic rings. The zero-order chi connectivity index (χ0) is 23.0. The number of carbonyl (C=O) groups is 1. The Morgan fingerprint density at radius 1 is 1.26 bits per heavy atom. The van der Waals surface area contributed by atoms with E-state index in [0.29, 0.717) is 31.1 Å². The number of aromatic nitrogens is 2. The molecule has 0 saturated carbocycles. The lowest BCUT2D eigenvalue weighted by atomic mass is 9.96. The molecule has 0 amide bonds. The molecule has 188 valence electrons. The van der Waals surface area contributed by atoms with Gasteiger partial charge in [0, 0.05) is 38.3 Å². The topological polar surface area (TPSA) is 84.6 Å². The van der Waals surface area contributed by atoms with E-state index in [2.05, 4.69) is 33.6 Å². The highest BCUT2D eigenvalue weighted by atomic mass is 35.5. The number of hydrogen-bond acceptors (Lipinski definition) is 7. The number of piperazine rings is 1. The summed E-state index contributed by atoms with van der Waals surface area (Å²) in [5.74, 6) is 0.741. The molecule has 11 heteroatoms. The number of ether oxygens (including phenoxy) is 1. The molecular weight excluding hydrogens is 504 g/mol. The van der Waals surface area contributed by atoms with E-state index in [9.17, 15) is 9.18 Å². The lowest BCUT2D eigenvalue weighted by Crippen LogP contribution is -2.56. The SMILES string of the molecule is CO[C@@H]1C[C@@H](C)c2c1ncnc2N1CCN(C(c2ccc(Cl)c(F)c2)C(N)C=O)C[C@@H]1C.Cl.Cl. The molecule has 1 saturated heterocycles. The molecule has 34 heavy (non-hydrogen) atoms. The molecule has 2 unspecified atom stereocenters. The monoisotopic (exact) mass is 533 g/mol. The predicted molar refractivity (Wildman–Crippen MR) is 136 cm³/mol. The summed E-state index contributed by atoms with van der Waals surface area (Å²) >= 11 is 5.86. The number of anilines is 1. The van der Waals surface area contributed by atoms with Crippen molar-refractivity contribution in [2.75, 3.05) is 31.6 Å². The highest BCUT2D eigenvalue weighted by Crippen LogP contribution is 2.45. The molecule has 1 aromatic carbocycles. The molecule has 2 heterocycles. The van der Waals surface area contributed by atoms with Gasteiger partial charge in [0.2, 0.25) is 0 Å². The van der Waals surface area contributed by atoms with Crippen molar-refractivity contribution < 1.29 is 13.9 Å². The third-order valence-corrected chi connectivity index (χ3v) is 6.98. The Balaban J connectivity index is 0.00000204. The Bertz CT molecular complexity index is 1000. The number of rotatable bonds is 6. The molecule has 1 aliphatic heterocycles. The van der Waals surface area contributed by atoms with Crippen LogP contribution >= 0.6 is 36.4 Å². The highest BCUT2D eigenvalue weighted by Gasteiger charge is 2.38.